The second-order valence-corrected chi connectivity index (χ2v) is 5.03. The third kappa shape index (κ3) is 3.47. The lowest BCUT2D eigenvalue weighted by Gasteiger charge is -2.13. The van der Waals surface area contributed by atoms with Crippen LogP contribution in [0, 0.1) is 0 Å². The van der Waals surface area contributed by atoms with E-state index in [0.29, 0.717) is 12.1 Å². The molecule has 2 rings (SSSR count). The summed E-state index contributed by atoms with van der Waals surface area (Å²) in [5, 5.41) is 0. The van der Waals surface area contributed by atoms with E-state index in [1.165, 1.54) is 18.4 Å². The van der Waals surface area contributed by atoms with Crippen LogP contribution >= 0.6 is 0 Å². The van der Waals surface area contributed by atoms with Crippen LogP contribution in [0.2, 0.25) is 0 Å². The molecular formula is C15H23NO. The molecule has 2 N–H and O–H groups in total. The number of fused-ring (bicyclic) bond motifs is 1. The molecule has 0 saturated heterocycles. The van der Waals surface area contributed by atoms with Crippen molar-refractivity contribution in [3.05, 3.63) is 29.8 Å². The molecule has 2 nitrogen and oxygen atoms in total. The van der Waals surface area contributed by atoms with Gasteiger partial charge in [0.1, 0.15) is 11.9 Å². The topological polar surface area (TPSA) is 35.2 Å². The van der Waals surface area contributed by atoms with E-state index in [4.69, 9.17) is 10.5 Å². The summed E-state index contributed by atoms with van der Waals surface area (Å²) in [5.74, 6) is 1.08. The predicted molar refractivity (Wildman–Crippen MR) is 71.3 cm³/mol. The van der Waals surface area contributed by atoms with Gasteiger partial charge in [0.25, 0.3) is 0 Å². The van der Waals surface area contributed by atoms with E-state index in [1.54, 1.807) is 0 Å². The van der Waals surface area contributed by atoms with Gasteiger partial charge in [-0.25, -0.2) is 0 Å². The molecule has 1 aliphatic heterocycles. The number of benzene rings is 1. The van der Waals surface area contributed by atoms with Gasteiger partial charge in [-0.3, -0.25) is 0 Å². The van der Waals surface area contributed by atoms with Crippen molar-refractivity contribution in [3.63, 3.8) is 0 Å². The maximum absolute atomic E-state index is 6.01. The zero-order valence-corrected chi connectivity index (χ0v) is 10.7. The molecule has 0 saturated carbocycles. The molecule has 0 amide bonds. The zero-order valence-electron chi connectivity index (χ0n) is 10.7. The molecule has 2 atom stereocenters. The molecule has 2 heteroatoms. The molecule has 1 aliphatic rings. The minimum absolute atomic E-state index is 0.376. The van der Waals surface area contributed by atoms with E-state index < -0.39 is 0 Å². The standard InChI is InChI=1S/C15H23NO/c1-2-6-13(16)8-5-9-14-11-12-7-3-4-10-15(12)17-14/h3-4,7,10,13-14H,2,5-6,8-9,11,16H2,1H3. The molecule has 0 spiro atoms. The fraction of sp³-hybridized carbons (Fsp3) is 0.600. The number of ether oxygens (including phenoxy) is 1. The average molecular weight is 233 g/mol. The van der Waals surface area contributed by atoms with Crippen LogP contribution in [-0.4, -0.2) is 12.1 Å². The number of para-hydroxylation sites is 1. The molecule has 0 aliphatic carbocycles. The van der Waals surface area contributed by atoms with E-state index in [1.807, 2.05) is 6.07 Å². The van der Waals surface area contributed by atoms with Crippen LogP contribution in [-0.2, 0) is 6.42 Å². The monoisotopic (exact) mass is 233 g/mol. The van der Waals surface area contributed by atoms with Crippen LogP contribution in [0.1, 0.15) is 44.6 Å². The highest BCUT2D eigenvalue weighted by Gasteiger charge is 2.21. The van der Waals surface area contributed by atoms with Crippen molar-refractivity contribution < 1.29 is 4.74 Å². The minimum Gasteiger partial charge on any atom is -0.490 e. The van der Waals surface area contributed by atoms with Gasteiger partial charge in [-0.15, -0.1) is 0 Å². The molecule has 1 heterocycles. The smallest absolute Gasteiger partial charge is 0.123 e. The van der Waals surface area contributed by atoms with Gasteiger partial charge in [-0.2, -0.15) is 0 Å². The molecule has 17 heavy (non-hydrogen) atoms. The van der Waals surface area contributed by atoms with E-state index >= 15 is 0 Å². The second-order valence-electron chi connectivity index (χ2n) is 5.03. The molecule has 1 aromatic rings. The summed E-state index contributed by atoms with van der Waals surface area (Å²) in [4.78, 5) is 0. The number of nitrogens with two attached hydrogens (primary N) is 1. The maximum Gasteiger partial charge on any atom is 0.123 e. The molecule has 0 aromatic heterocycles. The van der Waals surface area contributed by atoms with Gasteiger partial charge < -0.3 is 10.5 Å². The summed E-state index contributed by atoms with van der Waals surface area (Å²) >= 11 is 0. The quantitative estimate of drug-likeness (QED) is 0.818. The molecule has 2 unspecified atom stereocenters. The summed E-state index contributed by atoms with van der Waals surface area (Å²) in [5.41, 5.74) is 7.37. The van der Waals surface area contributed by atoms with Crippen LogP contribution in [0.5, 0.6) is 5.75 Å². The van der Waals surface area contributed by atoms with E-state index in [9.17, 15) is 0 Å². The Morgan fingerprint density at radius 2 is 2.18 bits per heavy atom. The van der Waals surface area contributed by atoms with Gasteiger partial charge in [-0.05, 0) is 37.3 Å². The molecule has 94 valence electrons. The zero-order chi connectivity index (χ0) is 12.1. The fourth-order valence-electron chi connectivity index (χ4n) is 2.54. The first-order valence-corrected chi connectivity index (χ1v) is 6.79. The van der Waals surface area contributed by atoms with Gasteiger partial charge in [0.15, 0.2) is 0 Å². The SMILES string of the molecule is CCCC(N)CCCC1Cc2ccccc2O1. The highest BCUT2D eigenvalue weighted by atomic mass is 16.5. The third-order valence-corrected chi connectivity index (χ3v) is 3.47. The Bertz CT molecular complexity index is 326. The van der Waals surface area contributed by atoms with Gasteiger partial charge >= 0.3 is 0 Å². The molecule has 1 aromatic carbocycles. The highest BCUT2D eigenvalue weighted by Crippen LogP contribution is 2.30. The third-order valence-electron chi connectivity index (χ3n) is 3.47. The molecule has 0 fully saturated rings. The Morgan fingerprint density at radius 1 is 1.35 bits per heavy atom. The Hall–Kier alpha value is -1.02. The minimum atomic E-state index is 0.376. The van der Waals surface area contributed by atoms with Crippen LogP contribution < -0.4 is 10.5 Å². The largest absolute Gasteiger partial charge is 0.490 e. The summed E-state index contributed by atoms with van der Waals surface area (Å²) in [6.07, 6.45) is 7.22. The summed E-state index contributed by atoms with van der Waals surface area (Å²) < 4.78 is 5.91. The normalized spacial score (nSPS) is 19.8. The Balaban J connectivity index is 1.70. The first-order valence-electron chi connectivity index (χ1n) is 6.79. The molecule has 0 radical (unpaired) electrons. The van der Waals surface area contributed by atoms with Crippen molar-refractivity contribution in [1.82, 2.24) is 0 Å². The number of rotatable bonds is 6. The van der Waals surface area contributed by atoms with E-state index in [2.05, 4.69) is 25.1 Å². The Kier molecular flexibility index (Phi) is 4.43. The van der Waals surface area contributed by atoms with Gasteiger partial charge in [0.05, 0.1) is 0 Å². The van der Waals surface area contributed by atoms with Crippen molar-refractivity contribution in [1.29, 1.82) is 0 Å². The van der Waals surface area contributed by atoms with Crippen LogP contribution in [0.3, 0.4) is 0 Å². The number of hydrogen-bond donors (Lipinski definition) is 1. The van der Waals surface area contributed by atoms with E-state index in [0.717, 1.165) is 31.4 Å². The van der Waals surface area contributed by atoms with Gasteiger partial charge in [0.2, 0.25) is 0 Å². The lowest BCUT2D eigenvalue weighted by molar-refractivity contribution is 0.215. The van der Waals surface area contributed by atoms with Crippen molar-refractivity contribution in [2.24, 2.45) is 5.73 Å². The predicted octanol–water partition coefficient (Wildman–Crippen LogP) is 3.29. The molecule has 0 bridgehead atoms. The summed E-state index contributed by atoms with van der Waals surface area (Å²) in [7, 11) is 0. The van der Waals surface area contributed by atoms with Gasteiger partial charge in [-0.1, -0.05) is 31.5 Å². The van der Waals surface area contributed by atoms with Crippen LogP contribution in [0.15, 0.2) is 24.3 Å². The van der Waals surface area contributed by atoms with Crippen molar-refractivity contribution >= 4 is 0 Å². The lowest BCUT2D eigenvalue weighted by Crippen LogP contribution is -2.20. The fourth-order valence-corrected chi connectivity index (χ4v) is 2.54. The second kappa shape index (κ2) is 6.06. The Morgan fingerprint density at radius 3 is 2.94 bits per heavy atom. The van der Waals surface area contributed by atoms with Crippen molar-refractivity contribution in [2.75, 3.05) is 0 Å². The van der Waals surface area contributed by atoms with Crippen LogP contribution in [0.4, 0.5) is 0 Å². The van der Waals surface area contributed by atoms with Gasteiger partial charge in [0, 0.05) is 12.5 Å². The summed E-state index contributed by atoms with van der Waals surface area (Å²) in [6, 6.07) is 8.74. The lowest BCUT2D eigenvalue weighted by atomic mass is 10.0. The highest BCUT2D eigenvalue weighted by molar-refractivity contribution is 5.37. The van der Waals surface area contributed by atoms with Crippen molar-refractivity contribution in [2.45, 2.75) is 57.6 Å². The first-order chi connectivity index (χ1) is 8.29. The van der Waals surface area contributed by atoms with E-state index in [-0.39, 0.29) is 0 Å². The van der Waals surface area contributed by atoms with Crippen molar-refractivity contribution in [3.8, 4) is 5.75 Å². The number of hydrogen-bond acceptors (Lipinski definition) is 2. The average Bonchev–Trinajstić information content (AvgIpc) is 2.71. The maximum atomic E-state index is 6.01. The Labute approximate surface area is 104 Å². The van der Waals surface area contributed by atoms with Crippen LogP contribution in [0.25, 0.3) is 0 Å². The molecular weight excluding hydrogens is 210 g/mol. The first kappa shape index (κ1) is 12.4. The summed E-state index contributed by atoms with van der Waals surface area (Å²) in [6.45, 7) is 2.19.